The Bertz CT molecular complexity index is 8380. The standard InChI is InChI=1S/C56H37N5.C40H27BrN4.C17H12/c1-56(2)44-25-11-8-21-38(44)53-51(56)54(41-23-14-28-48-50(41)39-22-10-13-27-46(39)60(48)36-18-4-3-5-19-36)59-55(58-53)42-29-30-47(40-24-15-31-57-52(40)42)61-45-26-12-9-20-37(45)43-32-34-16-6-7-17-35(34)33-49(43)61;1-40(2)30-18-8-6-14-25(30)37-35(40)38(44-39(43-37)29-21-22-31(41)26-17-11-23-42-36(26)29)28-16-10-20-33-34(28)27-15-7-9-19-32(27)45(33)24-12-4-3-5-13-24;1-2-6-13-11-17-15(9-12(13)5-1)10-14-7-3-4-8-16(14)17/h3-33H,1-2H3;3-23H,1-2H3;1-9,11H,10H2. The second kappa shape index (κ2) is 28.0. The number of nitrogens with zero attached hydrogens (tertiary/aromatic N) is 9. The molecule has 16 aromatic carbocycles. The van der Waals surface area contributed by atoms with Gasteiger partial charge in [-0.2, -0.15) is 0 Å². The quantitative estimate of drug-likeness (QED) is 0.158. The number of benzene rings is 16. The van der Waals surface area contributed by atoms with E-state index in [-0.39, 0.29) is 10.8 Å². The molecule has 26 rings (SSSR count). The lowest BCUT2D eigenvalue weighted by Gasteiger charge is -2.24. The molecule has 7 aromatic heterocycles. The van der Waals surface area contributed by atoms with Gasteiger partial charge in [0, 0.05) is 127 Å². The Balaban J connectivity index is 0.000000119. The molecule has 0 amide bonds. The van der Waals surface area contributed by atoms with Crippen molar-refractivity contribution < 1.29 is 0 Å². The molecule has 7 heterocycles. The van der Waals surface area contributed by atoms with E-state index < -0.39 is 0 Å². The summed E-state index contributed by atoms with van der Waals surface area (Å²) in [6.45, 7) is 9.23. The normalized spacial score (nSPS) is 13.2. The minimum absolute atomic E-state index is 0.292. The SMILES string of the molecule is CC1(C)c2ccccc2-c2nc(-c3ccc(-n4c5ccccc5c5cc6ccccc6cc54)c4cccnc34)nc(-c3cccc4c3c3ccccc3n4-c3ccccc3)c21.CC1(C)c2ccccc2-c2nc(-c3ccc(Br)c4cccnc34)nc(-c3cccc4c3c3ccccc3n4-c3ccccc3)c21.c1ccc2c(c1)Cc1cc3ccccc3cc1-2. The minimum Gasteiger partial charge on any atom is -0.309 e. The minimum atomic E-state index is -0.343. The third kappa shape index (κ3) is 11.1. The average Bonchev–Trinajstić information content (AvgIpc) is 1.55. The van der Waals surface area contributed by atoms with Gasteiger partial charge in [-0.15, -0.1) is 0 Å². The lowest BCUT2D eigenvalue weighted by atomic mass is 9.80. The van der Waals surface area contributed by atoms with Crippen molar-refractivity contribution >= 4 is 125 Å². The van der Waals surface area contributed by atoms with Crippen molar-refractivity contribution in [3.8, 4) is 96.0 Å². The van der Waals surface area contributed by atoms with Crippen LogP contribution in [0.15, 0.2) is 381 Å². The Labute approximate surface area is 718 Å². The maximum atomic E-state index is 5.71. The van der Waals surface area contributed by atoms with Gasteiger partial charge in [0.15, 0.2) is 11.6 Å². The predicted octanol–water partition coefficient (Wildman–Crippen LogP) is 28.9. The van der Waals surface area contributed by atoms with Crippen molar-refractivity contribution in [1.29, 1.82) is 0 Å². The molecule has 0 saturated carbocycles. The molecule has 0 unspecified atom stereocenters. The van der Waals surface area contributed by atoms with Gasteiger partial charge >= 0.3 is 0 Å². The predicted molar refractivity (Wildman–Crippen MR) is 512 cm³/mol. The fraction of sp³-hybridized carbons (Fsp3) is 0.0619. The molecule has 3 aliphatic carbocycles. The molecule has 0 radical (unpaired) electrons. The van der Waals surface area contributed by atoms with E-state index in [9.17, 15) is 0 Å². The summed E-state index contributed by atoms with van der Waals surface area (Å²) < 4.78 is 8.15. The first kappa shape index (κ1) is 72.0. The number of pyridine rings is 2. The van der Waals surface area contributed by atoms with Gasteiger partial charge in [0.2, 0.25) is 0 Å². The van der Waals surface area contributed by atoms with Crippen molar-refractivity contribution in [2.75, 3.05) is 0 Å². The summed E-state index contributed by atoms with van der Waals surface area (Å²) in [5.74, 6) is 1.34. The molecule has 123 heavy (non-hydrogen) atoms. The molecule has 3 aliphatic rings. The van der Waals surface area contributed by atoms with Gasteiger partial charge in [-0.1, -0.05) is 292 Å². The number of hydrogen-bond acceptors (Lipinski definition) is 6. The highest BCUT2D eigenvalue weighted by atomic mass is 79.9. The van der Waals surface area contributed by atoms with Gasteiger partial charge in [0.05, 0.1) is 72.6 Å². The van der Waals surface area contributed by atoms with Crippen LogP contribution in [0.2, 0.25) is 0 Å². The maximum absolute atomic E-state index is 5.71. The fourth-order valence-electron chi connectivity index (χ4n) is 20.6. The van der Waals surface area contributed by atoms with Crippen LogP contribution in [0, 0.1) is 0 Å². The lowest BCUT2D eigenvalue weighted by Crippen LogP contribution is -2.17. The zero-order valence-corrected chi connectivity index (χ0v) is 69.5. The van der Waals surface area contributed by atoms with E-state index >= 15 is 0 Å². The van der Waals surface area contributed by atoms with E-state index in [2.05, 4.69) is 409 Å². The van der Waals surface area contributed by atoms with Crippen molar-refractivity contribution in [2.45, 2.75) is 44.9 Å². The van der Waals surface area contributed by atoms with Crippen molar-refractivity contribution in [2.24, 2.45) is 0 Å². The van der Waals surface area contributed by atoms with Crippen LogP contribution < -0.4 is 0 Å². The summed E-state index contributed by atoms with van der Waals surface area (Å²) in [4.78, 5) is 32.1. The smallest absolute Gasteiger partial charge is 0.162 e. The van der Waals surface area contributed by atoms with E-state index in [0.717, 1.165) is 145 Å². The van der Waals surface area contributed by atoms with E-state index in [0.29, 0.717) is 11.6 Å². The third-order valence-corrected chi connectivity index (χ3v) is 26.8. The van der Waals surface area contributed by atoms with Crippen LogP contribution in [0.5, 0.6) is 0 Å². The first-order chi connectivity index (χ1) is 60.5. The van der Waals surface area contributed by atoms with E-state index in [4.69, 9.17) is 29.9 Å². The zero-order valence-electron chi connectivity index (χ0n) is 67.9. The lowest BCUT2D eigenvalue weighted by molar-refractivity contribution is 0.657. The van der Waals surface area contributed by atoms with Crippen molar-refractivity contribution in [3.63, 3.8) is 0 Å². The summed E-state index contributed by atoms with van der Waals surface area (Å²) in [5, 5.41) is 14.4. The second-order valence-corrected chi connectivity index (χ2v) is 34.5. The van der Waals surface area contributed by atoms with Crippen molar-refractivity contribution in [1.82, 2.24) is 43.6 Å². The molecule has 0 N–H and O–H groups in total. The molecule has 580 valence electrons. The Morgan fingerprint density at radius 1 is 0.268 bits per heavy atom. The van der Waals surface area contributed by atoms with Gasteiger partial charge in [0.25, 0.3) is 0 Å². The number of aromatic nitrogens is 9. The van der Waals surface area contributed by atoms with Crippen molar-refractivity contribution in [3.05, 3.63) is 414 Å². The Morgan fingerprint density at radius 3 is 1.24 bits per heavy atom. The molecule has 0 atom stereocenters. The molecular weight excluding hydrogens is 1560 g/mol. The van der Waals surface area contributed by atoms with Crippen LogP contribution >= 0.6 is 15.9 Å². The number of para-hydroxylation sites is 5. The maximum Gasteiger partial charge on any atom is 0.162 e. The molecule has 0 fully saturated rings. The van der Waals surface area contributed by atoms with Crippen LogP contribution in [0.25, 0.3) is 205 Å². The zero-order chi connectivity index (χ0) is 81.9. The highest BCUT2D eigenvalue weighted by Gasteiger charge is 2.43. The van der Waals surface area contributed by atoms with E-state index in [1.807, 2.05) is 24.5 Å². The third-order valence-electron chi connectivity index (χ3n) is 26.1. The molecule has 10 heteroatoms. The van der Waals surface area contributed by atoms with E-state index in [1.54, 1.807) is 0 Å². The van der Waals surface area contributed by atoms with Crippen LogP contribution in [0.4, 0.5) is 0 Å². The molecule has 0 saturated heterocycles. The molecule has 0 spiro atoms. The Morgan fingerprint density at radius 2 is 0.675 bits per heavy atom. The number of fused-ring (bicyclic) bond motifs is 22. The van der Waals surface area contributed by atoms with Crippen LogP contribution in [-0.2, 0) is 17.3 Å². The Kier molecular flexibility index (Phi) is 16.4. The van der Waals surface area contributed by atoms with Crippen LogP contribution in [0.3, 0.4) is 0 Å². The highest BCUT2D eigenvalue weighted by Crippen LogP contribution is 2.56. The van der Waals surface area contributed by atoms with Gasteiger partial charge in [-0.05, 0) is 177 Å². The monoisotopic (exact) mass is 1640 g/mol. The Hall–Kier alpha value is -15.1. The molecule has 9 nitrogen and oxygen atoms in total. The summed E-state index contributed by atoms with van der Waals surface area (Å²) in [6.07, 6.45) is 4.81. The van der Waals surface area contributed by atoms with Gasteiger partial charge in [-0.25, -0.2) is 19.9 Å². The second-order valence-electron chi connectivity index (χ2n) is 33.6. The molecule has 23 aromatic rings. The van der Waals surface area contributed by atoms with Gasteiger partial charge < -0.3 is 13.7 Å². The molecule has 0 bridgehead atoms. The van der Waals surface area contributed by atoms with E-state index in [1.165, 1.54) is 92.8 Å². The van der Waals surface area contributed by atoms with Gasteiger partial charge in [-0.3, -0.25) is 9.97 Å². The fourth-order valence-corrected chi connectivity index (χ4v) is 21.1. The summed E-state index contributed by atoms with van der Waals surface area (Å²) >= 11 is 3.73. The first-order valence-electron chi connectivity index (χ1n) is 42.1. The largest absolute Gasteiger partial charge is 0.309 e. The topological polar surface area (TPSA) is 92.1 Å². The number of hydrogen-bond donors (Lipinski definition) is 0. The summed E-state index contributed by atoms with van der Waals surface area (Å²) in [7, 11) is 0. The van der Waals surface area contributed by atoms with Crippen LogP contribution in [-0.4, -0.2) is 43.6 Å². The molecular formula is C113H76BrN9. The number of halogens is 1. The van der Waals surface area contributed by atoms with Crippen LogP contribution in [0.1, 0.15) is 61.1 Å². The summed E-state index contributed by atoms with van der Waals surface area (Å²) in [6, 6.07) is 130. The summed E-state index contributed by atoms with van der Waals surface area (Å²) in [5.41, 5.74) is 32.2. The first-order valence-corrected chi connectivity index (χ1v) is 42.9. The highest BCUT2D eigenvalue weighted by molar-refractivity contribution is 9.10. The molecule has 0 aliphatic heterocycles. The average molecular weight is 1640 g/mol. The number of rotatable bonds is 7. The van der Waals surface area contributed by atoms with Gasteiger partial charge in [0.1, 0.15) is 0 Å².